The fourth-order valence-corrected chi connectivity index (χ4v) is 3.24. The molecule has 1 aromatic heterocycles. The first kappa shape index (κ1) is 21.6. The van der Waals surface area contributed by atoms with E-state index in [1.54, 1.807) is 16.9 Å². The van der Waals surface area contributed by atoms with Crippen molar-refractivity contribution in [3.63, 3.8) is 0 Å². The second-order valence-electron chi connectivity index (χ2n) is 6.54. The van der Waals surface area contributed by atoms with Crippen LogP contribution in [0.3, 0.4) is 0 Å². The van der Waals surface area contributed by atoms with E-state index in [2.05, 4.69) is 31.7 Å². The molecule has 3 rings (SSSR count). The number of nitrogens with zero attached hydrogens (tertiary/aromatic N) is 2. The molecule has 0 fully saturated rings. The maximum atomic E-state index is 13.6. The maximum absolute atomic E-state index is 13.6. The van der Waals surface area contributed by atoms with Crippen molar-refractivity contribution in [3.8, 4) is 0 Å². The van der Waals surface area contributed by atoms with Gasteiger partial charge in [-0.3, -0.25) is 9.59 Å². The van der Waals surface area contributed by atoms with Gasteiger partial charge in [-0.2, -0.15) is 5.10 Å². The Kier molecular flexibility index (Phi) is 7.29. The molecule has 1 heterocycles. The Morgan fingerprint density at radius 2 is 1.93 bits per heavy atom. The van der Waals surface area contributed by atoms with E-state index in [1.165, 1.54) is 0 Å². The summed E-state index contributed by atoms with van der Waals surface area (Å²) < 4.78 is 29.1. The molecular weight excluding hydrogens is 458 g/mol. The first-order valence-corrected chi connectivity index (χ1v) is 10.0. The minimum atomic E-state index is -0.927. The van der Waals surface area contributed by atoms with Gasteiger partial charge in [-0.1, -0.05) is 28.1 Å². The molecule has 0 spiro atoms. The number of nitrogens with one attached hydrogen (secondary N) is 2. The molecule has 0 bridgehead atoms. The van der Waals surface area contributed by atoms with Crippen LogP contribution in [0.1, 0.15) is 28.8 Å². The lowest BCUT2D eigenvalue weighted by molar-refractivity contribution is -0.116. The van der Waals surface area contributed by atoms with Gasteiger partial charge in [0.05, 0.1) is 18.3 Å². The van der Waals surface area contributed by atoms with Crippen molar-refractivity contribution in [1.29, 1.82) is 0 Å². The topological polar surface area (TPSA) is 76.0 Å². The zero-order valence-electron chi connectivity index (χ0n) is 15.9. The Bertz CT molecular complexity index is 1050. The molecule has 3 aromatic rings. The first-order valence-electron chi connectivity index (χ1n) is 9.22. The van der Waals surface area contributed by atoms with Gasteiger partial charge in [-0.25, -0.2) is 13.5 Å². The predicted octanol–water partition coefficient (Wildman–Crippen LogP) is 4.12. The third-order valence-electron chi connectivity index (χ3n) is 4.25. The van der Waals surface area contributed by atoms with E-state index in [9.17, 15) is 18.4 Å². The van der Waals surface area contributed by atoms with Gasteiger partial charge < -0.3 is 10.6 Å². The third kappa shape index (κ3) is 5.96. The van der Waals surface area contributed by atoms with Crippen molar-refractivity contribution in [1.82, 2.24) is 15.1 Å². The summed E-state index contributed by atoms with van der Waals surface area (Å²) in [4.78, 5) is 24.1. The Morgan fingerprint density at radius 1 is 1.10 bits per heavy atom. The molecule has 0 unspecified atom stereocenters. The number of halogens is 3. The summed E-state index contributed by atoms with van der Waals surface area (Å²) in [6, 6.07) is 12.2. The highest BCUT2D eigenvalue weighted by atomic mass is 79.9. The third-order valence-corrected chi connectivity index (χ3v) is 4.74. The normalized spacial score (nSPS) is 10.6. The van der Waals surface area contributed by atoms with E-state index in [-0.39, 0.29) is 24.4 Å². The molecule has 9 heteroatoms. The Hall–Kier alpha value is -3.07. The number of rotatable bonds is 8. The molecule has 0 saturated carbocycles. The fourth-order valence-electron chi connectivity index (χ4n) is 2.80. The second-order valence-corrected chi connectivity index (χ2v) is 7.45. The lowest BCUT2D eigenvalue weighted by atomic mass is 10.2. The van der Waals surface area contributed by atoms with E-state index in [0.717, 1.165) is 22.2 Å². The van der Waals surface area contributed by atoms with Gasteiger partial charge in [0.15, 0.2) is 0 Å². The SMILES string of the molecule is O=C(CCCNC(=O)c1ccc(F)cc1F)Nc1ccnn1Cc1cccc(Br)c1. The predicted molar refractivity (Wildman–Crippen MR) is 112 cm³/mol. The highest BCUT2D eigenvalue weighted by molar-refractivity contribution is 9.10. The van der Waals surface area contributed by atoms with Crippen LogP contribution in [0.15, 0.2) is 59.2 Å². The monoisotopic (exact) mass is 476 g/mol. The number of carbonyl (C=O) groups is 2. The van der Waals surface area contributed by atoms with Crippen LogP contribution in [0, 0.1) is 11.6 Å². The molecule has 0 radical (unpaired) electrons. The molecule has 30 heavy (non-hydrogen) atoms. The van der Waals surface area contributed by atoms with E-state index in [4.69, 9.17) is 0 Å². The van der Waals surface area contributed by atoms with Crippen molar-refractivity contribution in [2.24, 2.45) is 0 Å². The lowest BCUT2D eigenvalue weighted by Crippen LogP contribution is -2.26. The summed E-state index contributed by atoms with van der Waals surface area (Å²) in [7, 11) is 0. The van der Waals surface area contributed by atoms with Crippen LogP contribution in [-0.2, 0) is 11.3 Å². The molecule has 156 valence electrons. The van der Waals surface area contributed by atoms with Gasteiger partial charge in [0.25, 0.3) is 5.91 Å². The molecular formula is C21H19BrF2N4O2. The quantitative estimate of drug-likeness (QED) is 0.480. The number of anilines is 1. The number of benzene rings is 2. The summed E-state index contributed by atoms with van der Waals surface area (Å²) in [6.45, 7) is 0.682. The molecule has 0 aliphatic carbocycles. The molecule has 2 amide bonds. The van der Waals surface area contributed by atoms with Gasteiger partial charge in [-0.15, -0.1) is 0 Å². The number of amides is 2. The van der Waals surface area contributed by atoms with Crippen molar-refractivity contribution in [3.05, 3.63) is 82.0 Å². The zero-order valence-corrected chi connectivity index (χ0v) is 17.5. The van der Waals surface area contributed by atoms with E-state index < -0.39 is 17.5 Å². The number of hydrogen-bond acceptors (Lipinski definition) is 3. The summed E-state index contributed by atoms with van der Waals surface area (Å²) >= 11 is 3.43. The zero-order chi connectivity index (χ0) is 21.5. The number of hydrogen-bond donors (Lipinski definition) is 2. The number of aromatic nitrogens is 2. The van der Waals surface area contributed by atoms with Gasteiger partial charge in [0, 0.05) is 29.6 Å². The highest BCUT2D eigenvalue weighted by Gasteiger charge is 2.12. The molecule has 6 nitrogen and oxygen atoms in total. The van der Waals surface area contributed by atoms with Crippen LogP contribution in [0.5, 0.6) is 0 Å². The van der Waals surface area contributed by atoms with Crippen LogP contribution in [0.25, 0.3) is 0 Å². The van der Waals surface area contributed by atoms with Gasteiger partial charge in [0.2, 0.25) is 5.91 Å². The van der Waals surface area contributed by atoms with Crippen molar-refractivity contribution >= 4 is 33.6 Å². The van der Waals surface area contributed by atoms with Crippen LogP contribution >= 0.6 is 15.9 Å². The van der Waals surface area contributed by atoms with E-state index in [1.807, 2.05) is 24.3 Å². The van der Waals surface area contributed by atoms with Crippen molar-refractivity contribution < 1.29 is 18.4 Å². The highest BCUT2D eigenvalue weighted by Crippen LogP contribution is 2.15. The van der Waals surface area contributed by atoms with Crippen LogP contribution in [0.2, 0.25) is 0 Å². The molecule has 2 aromatic carbocycles. The van der Waals surface area contributed by atoms with Gasteiger partial charge >= 0.3 is 0 Å². The Balaban J connectivity index is 1.45. The van der Waals surface area contributed by atoms with E-state index in [0.29, 0.717) is 24.8 Å². The molecule has 0 saturated heterocycles. The minimum absolute atomic E-state index is 0.161. The Labute approximate surface area is 180 Å². The standard InChI is InChI=1S/C21H19BrF2N4O2/c22-15-4-1-3-14(11-15)13-28-19(8-10-26-28)27-20(29)5-2-9-25-21(30)17-7-6-16(23)12-18(17)24/h1,3-4,6-8,10-12H,2,5,9,13H2,(H,25,30)(H,27,29). The lowest BCUT2D eigenvalue weighted by Gasteiger charge is -2.10. The van der Waals surface area contributed by atoms with E-state index >= 15 is 0 Å². The number of carbonyl (C=O) groups excluding carboxylic acids is 2. The summed E-state index contributed by atoms with van der Waals surface area (Å²) in [6.07, 6.45) is 2.12. The molecule has 0 aliphatic rings. The summed E-state index contributed by atoms with van der Waals surface area (Å²) in [5.41, 5.74) is 0.789. The second kappa shape index (κ2) is 10.1. The van der Waals surface area contributed by atoms with Crippen LogP contribution < -0.4 is 10.6 Å². The minimum Gasteiger partial charge on any atom is -0.352 e. The summed E-state index contributed by atoms with van der Waals surface area (Å²) in [5, 5.41) is 9.54. The van der Waals surface area contributed by atoms with Crippen molar-refractivity contribution in [2.75, 3.05) is 11.9 Å². The van der Waals surface area contributed by atoms with Crippen LogP contribution in [0.4, 0.5) is 14.6 Å². The van der Waals surface area contributed by atoms with Crippen LogP contribution in [-0.4, -0.2) is 28.1 Å². The smallest absolute Gasteiger partial charge is 0.254 e. The molecule has 2 N–H and O–H groups in total. The fraction of sp³-hybridized carbons (Fsp3) is 0.190. The summed E-state index contributed by atoms with van der Waals surface area (Å²) in [5.74, 6) is -1.99. The first-order chi connectivity index (χ1) is 14.4. The average molecular weight is 477 g/mol. The maximum Gasteiger partial charge on any atom is 0.254 e. The molecule has 0 atom stereocenters. The molecule has 0 aliphatic heterocycles. The average Bonchev–Trinajstić information content (AvgIpc) is 3.11. The van der Waals surface area contributed by atoms with Gasteiger partial charge in [-0.05, 0) is 36.2 Å². The Morgan fingerprint density at radius 3 is 2.70 bits per heavy atom. The van der Waals surface area contributed by atoms with Crippen molar-refractivity contribution in [2.45, 2.75) is 19.4 Å². The van der Waals surface area contributed by atoms with Gasteiger partial charge in [0.1, 0.15) is 17.5 Å². The largest absolute Gasteiger partial charge is 0.352 e.